The maximum atomic E-state index is 6.14. The molecule has 1 atom stereocenters. The first-order valence-corrected chi connectivity index (χ1v) is 6.53. The van der Waals surface area contributed by atoms with Crippen molar-refractivity contribution in [2.75, 3.05) is 18.6 Å². The first-order chi connectivity index (χ1) is 6.79. The van der Waals surface area contributed by atoms with Gasteiger partial charge in [-0.05, 0) is 24.4 Å². The molecule has 0 amide bonds. The van der Waals surface area contributed by atoms with E-state index < -0.39 is 0 Å². The quantitative estimate of drug-likeness (QED) is 0.831. The van der Waals surface area contributed by atoms with Crippen molar-refractivity contribution in [3.8, 4) is 0 Å². The Morgan fingerprint density at radius 2 is 2.14 bits per heavy atom. The molecule has 0 aliphatic heterocycles. The SMILES string of the molecule is CCNC(CSC)c1ccccc1Cl. The molecule has 1 unspecified atom stereocenters. The third kappa shape index (κ3) is 3.19. The van der Waals surface area contributed by atoms with Gasteiger partial charge >= 0.3 is 0 Å². The number of hydrogen-bond donors (Lipinski definition) is 1. The Hall–Kier alpha value is -0.180. The van der Waals surface area contributed by atoms with Crippen LogP contribution in [-0.2, 0) is 0 Å². The van der Waals surface area contributed by atoms with Crippen LogP contribution in [-0.4, -0.2) is 18.6 Å². The average molecular weight is 230 g/mol. The topological polar surface area (TPSA) is 12.0 Å². The molecule has 1 rings (SSSR count). The highest BCUT2D eigenvalue weighted by atomic mass is 35.5. The lowest BCUT2D eigenvalue weighted by atomic mass is 10.1. The number of thioether (sulfide) groups is 1. The van der Waals surface area contributed by atoms with Gasteiger partial charge < -0.3 is 5.32 Å². The normalized spacial score (nSPS) is 12.8. The highest BCUT2D eigenvalue weighted by Crippen LogP contribution is 2.24. The molecule has 1 N–H and O–H groups in total. The molecule has 0 radical (unpaired) electrons. The van der Waals surface area contributed by atoms with Crippen LogP contribution in [0.3, 0.4) is 0 Å². The van der Waals surface area contributed by atoms with Gasteiger partial charge in [-0.25, -0.2) is 0 Å². The lowest BCUT2D eigenvalue weighted by Gasteiger charge is -2.18. The van der Waals surface area contributed by atoms with Crippen molar-refractivity contribution in [2.24, 2.45) is 0 Å². The second kappa shape index (κ2) is 6.33. The zero-order valence-corrected chi connectivity index (χ0v) is 10.2. The molecule has 78 valence electrons. The monoisotopic (exact) mass is 229 g/mol. The molecule has 1 aromatic rings. The summed E-state index contributed by atoms with van der Waals surface area (Å²) in [6.07, 6.45) is 2.11. The molecule has 0 heterocycles. The molecule has 0 saturated carbocycles. The Balaban J connectivity index is 2.81. The fourth-order valence-electron chi connectivity index (χ4n) is 1.43. The molecule has 14 heavy (non-hydrogen) atoms. The van der Waals surface area contributed by atoms with Crippen molar-refractivity contribution >= 4 is 23.4 Å². The maximum Gasteiger partial charge on any atom is 0.0454 e. The van der Waals surface area contributed by atoms with E-state index in [9.17, 15) is 0 Å². The first kappa shape index (κ1) is 11.9. The minimum atomic E-state index is 0.365. The van der Waals surface area contributed by atoms with Crippen LogP contribution < -0.4 is 5.32 Å². The Kier molecular flexibility index (Phi) is 5.38. The van der Waals surface area contributed by atoms with Crippen molar-refractivity contribution in [1.82, 2.24) is 5.32 Å². The molecule has 0 saturated heterocycles. The lowest BCUT2D eigenvalue weighted by molar-refractivity contribution is 0.606. The van der Waals surface area contributed by atoms with Crippen LogP contribution in [0.2, 0.25) is 5.02 Å². The summed E-state index contributed by atoms with van der Waals surface area (Å²) in [4.78, 5) is 0. The number of benzene rings is 1. The van der Waals surface area contributed by atoms with Crippen molar-refractivity contribution in [3.05, 3.63) is 34.9 Å². The largest absolute Gasteiger partial charge is 0.309 e. The van der Waals surface area contributed by atoms with Crippen LogP contribution in [0.25, 0.3) is 0 Å². The van der Waals surface area contributed by atoms with Crippen LogP contribution in [0.5, 0.6) is 0 Å². The lowest BCUT2D eigenvalue weighted by Crippen LogP contribution is -2.23. The van der Waals surface area contributed by atoms with Crippen LogP contribution in [0.4, 0.5) is 0 Å². The van der Waals surface area contributed by atoms with E-state index in [4.69, 9.17) is 11.6 Å². The molecule has 0 aliphatic rings. The summed E-state index contributed by atoms with van der Waals surface area (Å²) >= 11 is 7.97. The van der Waals surface area contributed by atoms with Crippen LogP contribution in [0, 0.1) is 0 Å². The summed E-state index contributed by atoms with van der Waals surface area (Å²) in [5.41, 5.74) is 1.20. The first-order valence-electron chi connectivity index (χ1n) is 4.76. The van der Waals surface area contributed by atoms with Gasteiger partial charge in [-0.2, -0.15) is 11.8 Å². The maximum absolute atomic E-state index is 6.14. The zero-order chi connectivity index (χ0) is 10.4. The zero-order valence-electron chi connectivity index (χ0n) is 8.59. The summed E-state index contributed by atoms with van der Waals surface area (Å²) in [5, 5.41) is 4.29. The van der Waals surface area contributed by atoms with E-state index >= 15 is 0 Å². The summed E-state index contributed by atoms with van der Waals surface area (Å²) in [6, 6.07) is 8.40. The highest BCUT2D eigenvalue weighted by molar-refractivity contribution is 7.98. The fraction of sp³-hybridized carbons (Fsp3) is 0.455. The van der Waals surface area contributed by atoms with Gasteiger partial charge in [0.2, 0.25) is 0 Å². The van der Waals surface area contributed by atoms with E-state index in [1.54, 1.807) is 0 Å². The molecule has 0 spiro atoms. The van der Waals surface area contributed by atoms with Gasteiger partial charge in [0.1, 0.15) is 0 Å². The molecule has 1 aromatic carbocycles. The van der Waals surface area contributed by atoms with Gasteiger partial charge in [-0.1, -0.05) is 36.7 Å². The third-order valence-corrected chi connectivity index (χ3v) is 3.08. The van der Waals surface area contributed by atoms with E-state index in [-0.39, 0.29) is 0 Å². The summed E-state index contributed by atoms with van der Waals surface area (Å²) in [7, 11) is 0. The fourth-order valence-corrected chi connectivity index (χ4v) is 2.33. The molecular formula is C11H16ClNS. The second-order valence-corrected chi connectivity index (χ2v) is 4.41. The van der Waals surface area contributed by atoms with Gasteiger partial charge in [-0.3, -0.25) is 0 Å². The predicted octanol–water partition coefficient (Wildman–Crippen LogP) is 3.35. The standard InChI is InChI=1S/C11H16ClNS/c1-3-13-11(8-14-2)9-6-4-5-7-10(9)12/h4-7,11,13H,3,8H2,1-2H3. The van der Waals surface area contributed by atoms with Gasteiger partial charge in [0, 0.05) is 16.8 Å². The molecule has 0 bridgehead atoms. The number of nitrogens with one attached hydrogen (secondary N) is 1. The summed E-state index contributed by atoms with van der Waals surface area (Å²) < 4.78 is 0. The Bertz CT molecular complexity index is 272. The van der Waals surface area contributed by atoms with E-state index in [2.05, 4.69) is 24.6 Å². The van der Waals surface area contributed by atoms with E-state index in [0.717, 1.165) is 17.3 Å². The van der Waals surface area contributed by atoms with Gasteiger partial charge in [0.05, 0.1) is 0 Å². The van der Waals surface area contributed by atoms with Gasteiger partial charge in [0.25, 0.3) is 0 Å². The molecule has 0 fully saturated rings. The highest BCUT2D eigenvalue weighted by Gasteiger charge is 2.11. The van der Waals surface area contributed by atoms with Crippen LogP contribution in [0.1, 0.15) is 18.5 Å². The Morgan fingerprint density at radius 1 is 1.43 bits per heavy atom. The van der Waals surface area contributed by atoms with Crippen molar-refractivity contribution in [2.45, 2.75) is 13.0 Å². The van der Waals surface area contributed by atoms with E-state index in [0.29, 0.717) is 6.04 Å². The number of hydrogen-bond acceptors (Lipinski definition) is 2. The average Bonchev–Trinajstić information content (AvgIpc) is 2.18. The summed E-state index contributed by atoms with van der Waals surface area (Å²) in [6.45, 7) is 3.08. The van der Waals surface area contributed by atoms with E-state index in [1.165, 1.54) is 5.56 Å². The minimum Gasteiger partial charge on any atom is -0.309 e. The van der Waals surface area contributed by atoms with E-state index in [1.807, 2.05) is 30.0 Å². The smallest absolute Gasteiger partial charge is 0.0454 e. The second-order valence-electron chi connectivity index (χ2n) is 3.09. The Labute approximate surface area is 95.2 Å². The Morgan fingerprint density at radius 3 is 2.71 bits per heavy atom. The third-order valence-electron chi connectivity index (χ3n) is 2.06. The van der Waals surface area contributed by atoms with Crippen molar-refractivity contribution < 1.29 is 0 Å². The van der Waals surface area contributed by atoms with Gasteiger partial charge in [-0.15, -0.1) is 0 Å². The number of halogens is 1. The van der Waals surface area contributed by atoms with Crippen LogP contribution in [0.15, 0.2) is 24.3 Å². The number of rotatable bonds is 5. The van der Waals surface area contributed by atoms with Crippen molar-refractivity contribution in [3.63, 3.8) is 0 Å². The molecule has 0 aromatic heterocycles. The molecule has 1 nitrogen and oxygen atoms in total. The summed E-state index contributed by atoms with van der Waals surface area (Å²) in [5.74, 6) is 1.05. The van der Waals surface area contributed by atoms with Crippen LogP contribution >= 0.6 is 23.4 Å². The predicted molar refractivity (Wildman–Crippen MR) is 66.3 cm³/mol. The van der Waals surface area contributed by atoms with Gasteiger partial charge in [0.15, 0.2) is 0 Å². The molecular weight excluding hydrogens is 214 g/mol. The molecule has 3 heteroatoms. The van der Waals surface area contributed by atoms with Crippen molar-refractivity contribution in [1.29, 1.82) is 0 Å². The molecule has 0 aliphatic carbocycles. The minimum absolute atomic E-state index is 0.365.